The molecule has 6 heteroatoms. The van der Waals surface area contributed by atoms with Gasteiger partial charge < -0.3 is 9.64 Å². The highest BCUT2D eigenvalue weighted by atomic mass is 16.5. The lowest BCUT2D eigenvalue weighted by Crippen LogP contribution is -2.28. The molecular formula is C19H28N4O2. The van der Waals surface area contributed by atoms with Crippen LogP contribution in [0.25, 0.3) is 0 Å². The van der Waals surface area contributed by atoms with E-state index in [1.807, 2.05) is 34.7 Å². The first-order chi connectivity index (χ1) is 11.8. The van der Waals surface area contributed by atoms with Crippen molar-refractivity contribution in [2.24, 2.45) is 0 Å². The lowest BCUT2D eigenvalue weighted by Gasteiger charge is -2.21. The molecule has 0 fully saturated rings. The van der Waals surface area contributed by atoms with Crippen molar-refractivity contribution < 1.29 is 9.53 Å². The standard InChI is InChI=1S/C19H28N4O2/c1-11(18-14(4)21-22-15(18)5)8-17(24)23(6)10-16-13(3)19(25-7)12(2)9-20-16/h9,11H,8,10H2,1-7H3,(H,21,22)/t11-/m1/s1. The second-order valence-electron chi connectivity index (χ2n) is 6.75. The number of aromatic amines is 1. The van der Waals surface area contributed by atoms with E-state index in [4.69, 9.17) is 4.74 Å². The lowest BCUT2D eigenvalue weighted by molar-refractivity contribution is -0.130. The fraction of sp³-hybridized carbons (Fsp3) is 0.526. The van der Waals surface area contributed by atoms with E-state index in [0.717, 1.165) is 39.5 Å². The predicted octanol–water partition coefficient (Wildman–Crippen LogP) is 3.20. The van der Waals surface area contributed by atoms with Gasteiger partial charge in [0.05, 0.1) is 25.0 Å². The van der Waals surface area contributed by atoms with E-state index >= 15 is 0 Å². The van der Waals surface area contributed by atoms with E-state index in [1.165, 1.54) is 0 Å². The van der Waals surface area contributed by atoms with Gasteiger partial charge in [-0.05, 0) is 39.2 Å². The average Bonchev–Trinajstić information content (AvgIpc) is 2.89. The van der Waals surface area contributed by atoms with Gasteiger partial charge in [0.1, 0.15) is 5.75 Å². The number of aromatic nitrogens is 3. The molecule has 0 spiro atoms. The molecule has 0 aliphatic carbocycles. The lowest BCUT2D eigenvalue weighted by atomic mass is 9.95. The second kappa shape index (κ2) is 7.68. The molecule has 1 amide bonds. The van der Waals surface area contributed by atoms with Gasteiger partial charge in [0.25, 0.3) is 0 Å². The van der Waals surface area contributed by atoms with Gasteiger partial charge >= 0.3 is 0 Å². The molecule has 2 aromatic heterocycles. The Morgan fingerprint density at radius 1 is 1.32 bits per heavy atom. The summed E-state index contributed by atoms with van der Waals surface area (Å²) >= 11 is 0. The summed E-state index contributed by atoms with van der Waals surface area (Å²) in [4.78, 5) is 18.8. The Kier molecular flexibility index (Phi) is 5.82. The fourth-order valence-electron chi connectivity index (χ4n) is 3.35. The number of methoxy groups -OCH3 is 1. The van der Waals surface area contributed by atoms with Gasteiger partial charge in [-0.2, -0.15) is 5.10 Å². The maximum Gasteiger partial charge on any atom is 0.223 e. The number of amides is 1. The molecule has 2 rings (SSSR count). The molecule has 0 saturated carbocycles. The van der Waals surface area contributed by atoms with Crippen LogP contribution < -0.4 is 4.74 Å². The zero-order valence-corrected chi connectivity index (χ0v) is 16.2. The number of H-pyrrole nitrogens is 1. The third-order valence-corrected chi connectivity index (χ3v) is 4.72. The van der Waals surface area contributed by atoms with E-state index in [-0.39, 0.29) is 11.8 Å². The molecule has 0 bridgehead atoms. The molecule has 2 aromatic rings. The molecule has 136 valence electrons. The van der Waals surface area contributed by atoms with Crippen LogP contribution in [0.15, 0.2) is 6.20 Å². The summed E-state index contributed by atoms with van der Waals surface area (Å²) in [5.74, 6) is 1.05. The van der Waals surface area contributed by atoms with Crippen LogP contribution in [0.2, 0.25) is 0 Å². The van der Waals surface area contributed by atoms with Crippen LogP contribution in [-0.4, -0.2) is 40.1 Å². The van der Waals surface area contributed by atoms with Crippen LogP contribution in [-0.2, 0) is 11.3 Å². The molecule has 0 aliphatic heterocycles. The van der Waals surface area contributed by atoms with Crippen molar-refractivity contribution in [1.82, 2.24) is 20.1 Å². The van der Waals surface area contributed by atoms with Crippen LogP contribution in [0.3, 0.4) is 0 Å². The van der Waals surface area contributed by atoms with Crippen molar-refractivity contribution in [3.63, 3.8) is 0 Å². The van der Waals surface area contributed by atoms with Crippen molar-refractivity contribution >= 4 is 5.91 Å². The molecule has 0 radical (unpaired) electrons. The van der Waals surface area contributed by atoms with Gasteiger partial charge in [-0.3, -0.25) is 14.9 Å². The first-order valence-corrected chi connectivity index (χ1v) is 8.50. The summed E-state index contributed by atoms with van der Waals surface area (Å²) in [6.07, 6.45) is 2.24. The number of aryl methyl sites for hydroxylation is 3. The van der Waals surface area contributed by atoms with E-state index < -0.39 is 0 Å². The number of carbonyl (C=O) groups is 1. The topological polar surface area (TPSA) is 71.1 Å². The number of hydrogen-bond acceptors (Lipinski definition) is 4. The summed E-state index contributed by atoms with van der Waals surface area (Å²) in [5, 5.41) is 7.21. The molecule has 25 heavy (non-hydrogen) atoms. The summed E-state index contributed by atoms with van der Waals surface area (Å²) in [6, 6.07) is 0. The number of rotatable bonds is 6. The minimum atomic E-state index is 0.0910. The monoisotopic (exact) mass is 344 g/mol. The smallest absolute Gasteiger partial charge is 0.223 e. The second-order valence-corrected chi connectivity index (χ2v) is 6.75. The Bertz CT molecular complexity index is 748. The van der Waals surface area contributed by atoms with Crippen LogP contribution in [0, 0.1) is 27.7 Å². The zero-order chi connectivity index (χ0) is 18.7. The normalized spacial score (nSPS) is 12.1. The van der Waals surface area contributed by atoms with Gasteiger partial charge in [-0.15, -0.1) is 0 Å². The number of hydrogen-bond donors (Lipinski definition) is 1. The maximum atomic E-state index is 12.6. The Balaban J connectivity index is 2.08. The van der Waals surface area contributed by atoms with Gasteiger partial charge in [-0.25, -0.2) is 0 Å². The predicted molar refractivity (Wildman–Crippen MR) is 97.8 cm³/mol. The molecular weight excluding hydrogens is 316 g/mol. The minimum absolute atomic E-state index is 0.0910. The van der Waals surface area contributed by atoms with Gasteiger partial charge in [-0.1, -0.05) is 6.92 Å². The molecule has 0 aromatic carbocycles. The number of ether oxygens (including phenoxy) is 1. The third kappa shape index (κ3) is 4.00. The summed E-state index contributed by atoms with van der Waals surface area (Å²) < 4.78 is 5.44. The highest BCUT2D eigenvalue weighted by molar-refractivity contribution is 5.77. The number of carbonyl (C=O) groups excluding carboxylic acids is 1. The Morgan fingerprint density at radius 3 is 2.56 bits per heavy atom. The van der Waals surface area contributed by atoms with Crippen LogP contribution in [0.1, 0.15) is 53.0 Å². The highest BCUT2D eigenvalue weighted by Gasteiger charge is 2.21. The Hall–Kier alpha value is -2.37. The van der Waals surface area contributed by atoms with Crippen molar-refractivity contribution in [1.29, 1.82) is 0 Å². The van der Waals surface area contributed by atoms with E-state index in [1.54, 1.807) is 18.2 Å². The van der Waals surface area contributed by atoms with E-state index in [2.05, 4.69) is 22.1 Å². The Labute approximate surface area is 149 Å². The van der Waals surface area contributed by atoms with Crippen molar-refractivity contribution in [2.75, 3.05) is 14.2 Å². The molecule has 0 aliphatic rings. The molecule has 2 heterocycles. The number of nitrogens with zero attached hydrogens (tertiary/aromatic N) is 3. The largest absolute Gasteiger partial charge is 0.496 e. The Morgan fingerprint density at radius 2 is 2.00 bits per heavy atom. The van der Waals surface area contributed by atoms with Crippen LogP contribution in [0.5, 0.6) is 5.75 Å². The van der Waals surface area contributed by atoms with Crippen LogP contribution in [0.4, 0.5) is 0 Å². The molecule has 0 unspecified atom stereocenters. The first-order valence-electron chi connectivity index (χ1n) is 8.50. The van der Waals surface area contributed by atoms with Crippen molar-refractivity contribution in [2.45, 2.75) is 53.5 Å². The molecule has 0 saturated heterocycles. The summed E-state index contributed by atoms with van der Waals surface area (Å²) in [5.41, 5.74) is 5.96. The number of nitrogens with one attached hydrogen (secondary N) is 1. The molecule has 6 nitrogen and oxygen atoms in total. The van der Waals surface area contributed by atoms with Gasteiger partial charge in [0.2, 0.25) is 5.91 Å². The zero-order valence-electron chi connectivity index (χ0n) is 16.2. The van der Waals surface area contributed by atoms with Gasteiger partial charge in [0, 0.05) is 36.5 Å². The summed E-state index contributed by atoms with van der Waals surface area (Å²) in [7, 11) is 3.48. The first kappa shape index (κ1) is 19.0. The van der Waals surface area contributed by atoms with Crippen molar-refractivity contribution in [3.05, 3.63) is 40.0 Å². The molecule has 1 atom stereocenters. The molecule has 1 N–H and O–H groups in total. The maximum absolute atomic E-state index is 12.6. The minimum Gasteiger partial charge on any atom is -0.496 e. The van der Waals surface area contributed by atoms with E-state index in [9.17, 15) is 4.79 Å². The quantitative estimate of drug-likeness (QED) is 0.873. The van der Waals surface area contributed by atoms with Gasteiger partial charge in [0.15, 0.2) is 0 Å². The average molecular weight is 344 g/mol. The third-order valence-electron chi connectivity index (χ3n) is 4.72. The fourth-order valence-corrected chi connectivity index (χ4v) is 3.35. The van der Waals surface area contributed by atoms with E-state index in [0.29, 0.717) is 13.0 Å². The van der Waals surface area contributed by atoms with Crippen molar-refractivity contribution in [3.8, 4) is 5.75 Å². The SMILES string of the molecule is COc1c(C)cnc(CN(C)C(=O)C[C@@H](C)c2c(C)n[nH]c2C)c1C. The summed E-state index contributed by atoms with van der Waals surface area (Å²) in [6.45, 7) is 10.4. The number of pyridine rings is 1. The van der Waals surface area contributed by atoms with Crippen LogP contribution >= 0.6 is 0 Å². The highest BCUT2D eigenvalue weighted by Crippen LogP contribution is 2.27.